The van der Waals surface area contributed by atoms with E-state index in [-0.39, 0.29) is 0 Å². The smallest absolute Gasteiger partial charge is 0.106 e. The van der Waals surface area contributed by atoms with Crippen molar-refractivity contribution in [3.63, 3.8) is 0 Å². The molecule has 0 radical (unpaired) electrons. The quantitative estimate of drug-likeness (QED) is 0.848. The summed E-state index contributed by atoms with van der Waals surface area (Å²) in [5, 5.41) is 17.8. The van der Waals surface area contributed by atoms with Gasteiger partial charge < -0.3 is 9.52 Å². The van der Waals surface area contributed by atoms with Crippen molar-refractivity contribution in [3.05, 3.63) is 35.0 Å². The standard InChI is InChI=1S/C11H15N3O2/c1-7-4-10(8(2)16-7)11(15)5-9-6-14(3)13-12-9/h4,6,11,15H,5H2,1-3H3. The Bertz CT molecular complexity index is 487. The maximum atomic E-state index is 10.0. The van der Waals surface area contributed by atoms with E-state index in [0.717, 1.165) is 22.8 Å². The van der Waals surface area contributed by atoms with Gasteiger partial charge >= 0.3 is 0 Å². The molecular formula is C11H15N3O2. The summed E-state index contributed by atoms with van der Waals surface area (Å²) >= 11 is 0. The molecule has 0 saturated carbocycles. The number of aryl methyl sites for hydroxylation is 3. The van der Waals surface area contributed by atoms with E-state index in [4.69, 9.17) is 4.42 Å². The molecule has 0 bridgehead atoms. The minimum atomic E-state index is -0.589. The van der Waals surface area contributed by atoms with Crippen LogP contribution in [0.2, 0.25) is 0 Å². The van der Waals surface area contributed by atoms with Gasteiger partial charge in [-0.1, -0.05) is 5.21 Å². The second-order valence-electron chi connectivity index (χ2n) is 3.97. The molecule has 0 saturated heterocycles. The maximum Gasteiger partial charge on any atom is 0.106 e. The molecule has 0 aliphatic rings. The SMILES string of the molecule is Cc1cc(C(O)Cc2cn(C)nn2)c(C)o1. The minimum absolute atomic E-state index is 0.452. The van der Waals surface area contributed by atoms with Gasteiger partial charge in [0.2, 0.25) is 0 Å². The lowest BCUT2D eigenvalue weighted by molar-refractivity contribution is 0.175. The number of rotatable bonds is 3. The third-order valence-electron chi connectivity index (χ3n) is 2.49. The molecule has 2 rings (SSSR count). The highest BCUT2D eigenvalue weighted by Crippen LogP contribution is 2.23. The van der Waals surface area contributed by atoms with Crippen LogP contribution in [0.5, 0.6) is 0 Å². The van der Waals surface area contributed by atoms with Gasteiger partial charge in [0.25, 0.3) is 0 Å². The van der Waals surface area contributed by atoms with Crippen molar-refractivity contribution in [1.29, 1.82) is 0 Å². The number of hydrogen-bond acceptors (Lipinski definition) is 4. The van der Waals surface area contributed by atoms with Crippen LogP contribution in [-0.4, -0.2) is 20.1 Å². The highest BCUT2D eigenvalue weighted by Gasteiger charge is 2.16. The van der Waals surface area contributed by atoms with Gasteiger partial charge in [-0.3, -0.25) is 4.68 Å². The molecule has 0 aliphatic heterocycles. The lowest BCUT2D eigenvalue weighted by Gasteiger charge is -2.06. The van der Waals surface area contributed by atoms with Crippen molar-refractivity contribution in [3.8, 4) is 0 Å². The van der Waals surface area contributed by atoms with E-state index >= 15 is 0 Å². The first-order valence-electron chi connectivity index (χ1n) is 5.16. The van der Waals surface area contributed by atoms with Crippen molar-refractivity contribution < 1.29 is 9.52 Å². The molecule has 0 aliphatic carbocycles. The molecule has 5 heteroatoms. The summed E-state index contributed by atoms with van der Waals surface area (Å²) in [6.45, 7) is 3.72. The molecule has 2 aromatic heterocycles. The first-order chi connectivity index (χ1) is 7.56. The number of furan rings is 1. The Labute approximate surface area is 93.7 Å². The van der Waals surface area contributed by atoms with Gasteiger partial charge in [-0.15, -0.1) is 5.10 Å². The molecule has 0 fully saturated rings. The van der Waals surface area contributed by atoms with Gasteiger partial charge in [-0.25, -0.2) is 0 Å². The normalized spacial score (nSPS) is 13.0. The van der Waals surface area contributed by atoms with Crippen LogP contribution < -0.4 is 0 Å². The summed E-state index contributed by atoms with van der Waals surface area (Å²) in [5.41, 5.74) is 1.59. The van der Waals surface area contributed by atoms with E-state index in [0.29, 0.717) is 6.42 Å². The fourth-order valence-corrected chi connectivity index (χ4v) is 1.78. The Morgan fingerprint density at radius 3 is 2.75 bits per heavy atom. The van der Waals surface area contributed by atoms with Crippen molar-refractivity contribution in [2.75, 3.05) is 0 Å². The Balaban J connectivity index is 2.14. The van der Waals surface area contributed by atoms with Crippen LogP contribution in [0, 0.1) is 13.8 Å². The number of hydrogen-bond donors (Lipinski definition) is 1. The fraction of sp³-hybridized carbons (Fsp3) is 0.455. The van der Waals surface area contributed by atoms with Crippen LogP contribution in [0.15, 0.2) is 16.7 Å². The van der Waals surface area contributed by atoms with Gasteiger partial charge in [0, 0.05) is 25.2 Å². The average molecular weight is 221 g/mol. The zero-order valence-corrected chi connectivity index (χ0v) is 9.64. The van der Waals surface area contributed by atoms with E-state index in [1.807, 2.05) is 19.9 Å². The second kappa shape index (κ2) is 4.09. The largest absolute Gasteiger partial charge is 0.466 e. The summed E-state index contributed by atoms with van der Waals surface area (Å²) in [6, 6.07) is 1.86. The first-order valence-corrected chi connectivity index (χ1v) is 5.16. The average Bonchev–Trinajstić information content (AvgIpc) is 2.73. The number of aromatic nitrogens is 3. The van der Waals surface area contributed by atoms with Crippen molar-refractivity contribution in [1.82, 2.24) is 15.0 Å². The van der Waals surface area contributed by atoms with Crippen LogP contribution in [0.3, 0.4) is 0 Å². The van der Waals surface area contributed by atoms with Crippen LogP contribution in [0.1, 0.15) is 28.9 Å². The van der Waals surface area contributed by atoms with Crippen molar-refractivity contribution in [2.45, 2.75) is 26.4 Å². The van der Waals surface area contributed by atoms with Crippen LogP contribution in [0.4, 0.5) is 0 Å². The van der Waals surface area contributed by atoms with Crippen molar-refractivity contribution in [2.24, 2.45) is 7.05 Å². The van der Waals surface area contributed by atoms with E-state index in [1.54, 1.807) is 17.9 Å². The molecule has 2 heterocycles. The summed E-state index contributed by atoms with van der Waals surface area (Å²) in [5.74, 6) is 1.57. The highest BCUT2D eigenvalue weighted by atomic mass is 16.3. The third-order valence-corrected chi connectivity index (χ3v) is 2.49. The molecule has 0 amide bonds. The van der Waals surface area contributed by atoms with Crippen LogP contribution >= 0.6 is 0 Å². The molecule has 1 atom stereocenters. The van der Waals surface area contributed by atoms with E-state index in [1.165, 1.54) is 0 Å². The number of aliphatic hydroxyl groups excluding tert-OH is 1. The molecule has 16 heavy (non-hydrogen) atoms. The second-order valence-corrected chi connectivity index (χ2v) is 3.97. The maximum absolute atomic E-state index is 10.0. The van der Waals surface area contributed by atoms with Crippen LogP contribution in [-0.2, 0) is 13.5 Å². The van der Waals surface area contributed by atoms with Gasteiger partial charge in [0.05, 0.1) is 11.8 Å². The Kier molecular flexibility index (Phi) is 2.78. The Morgan fingerprint density at radius 1 is 1.50 bits per heavy atom. The monoisotopic (exact) mass is 221 g/mol. The number of aliphatic hydroxyl groups is 1. The molecule has 1 N–H and O–H groups in total. The zero-order valence-electron chi connectivity index (χ0n) is 9.64. The molecule has 0 spiro atoms. The Hall–Kier alpha value is -1.62. The third kappa shape index (κ3) is 2.14. The van der Waals surface area contributed by atoms with Gasteiger partial charge in [-0.2, -0.15) is 0 Å². The lowest BCUT2D eigenvalue weighted by atomic mass is 10.1. The van der Waals surface area contributed by atoms with Crippen molar-refractivity contribution >= 4 is 0 Å². The van der Waals surface area contributed by atoms with E-state index in [2.05, 4.69) is 10.3 Å². The van der Waals surface area contributed by atoms with Gasteiger partial charge in [0.1, 0.15) is 11.5 Å². The van der Waals surface area contributed by atoms with Gasteiger partial charge in [0.15, 0.2) is 0 Å². The summed E-state index contributed by atoms with van der Waals surface area (Å²) in [7, 11) is 1.80. The molecule has 1 unspecified atom stereocenters. The summed E-state index contributed by atoms with van der Waals surface area (Å²) in [6.07, 6.45) is 1.66. The minimum Gasteiger partial charge on any atom is -0.466 e. The molecule has 0 aromatic carbocycles. The first kappa shape index (κ1) is 10.9. The molecular weight excluding hydrogens is 206 g/mol. The summed E-state index contributed by atoms with van der Waals surface area (Å²) < 4.78 is 7.00. The molecule has 5 nitrogen and oxygen atoms in total. The topological polar surface area (TPSA) is 64.1 Å². The molecule has 2 aromatic rings. The highest BCUT2D eigenvalue weighted by molar-refractivity contribution is 5.23. The van der Waals surface area contributed by atoms with Crippen LogP contribution in [0.25, 0.3) is 0 Å². The number of nitrogens with zero attached hydrogens (tertiary/aromatic N) is 3. The van der Waals surface area contributed by atoms with Gasteiger partial charge in [-0.05, 0) is 19.9 Å². The lowest BCUT2D eigenvalue weighted by Crippen LogP contribution is -2.02. The van der Waals surface area contributed by atoms with E-state index < -0.39 is 6.10 Å². The molecule has 86 valence electrons. The predicted molar refractivity (Wildman–Crippen MR) is 57.8 cm³/mol. The van der Waals surface area contributed by atoms with E-state index in [9.17, 15) is 5.11 Å². The zero-order chi connectivity index (χ0) is 11.7. The predicted octanol–water partition coefficient (Wildman–Crippen LogP) is 1.30. The Morgan fingerprint density at radius 2 is 2.25 bits per heavy atom. The fourth-order valence-electron chi connectivity index (χ4n) is 1.78. The summed E-state index contributed by atoms with van der Waals surface area (Å²) in [4.78, 5) is 0.